The van der Waals surface area contributed by atoms with Crippen molar-refractivity contribution in [1.82, 2.24) is 5.32 Å². The average Bonchev–Trinajstić information content (AvgIpc) is 2.26. The van der Waals surface area contributed by atoms with Gasteiger partial charge in [-0.1, -0.05) is 36.4 Å². The second-order valence-electron chi connectivity index (χ2n) is 4.74. The summed E-state index contributed by atoms with van der Waals surface area (Å²) < 4.78 is 0. The highest BCUT2D eigenvalue weighted by Crippen LogP contribution is 2.32. The zero-order chi connectivity index (χ0) is 11.2. The lowest BCUT2D eigenvalue weighted by Crippen LogP contribution is -2.63. The van der Waals surface area contributed by atoms with E-state index >= 15 is 0 Å². The number of hydrogen-bond acceptors (Lipinski definition) is 2. The molecule has 0 aliphatic carbocycles. The van der Waals surface area contributed by atoms with Crippen molar-refractivity contribution < 1.29 is 0 Å². The van der Waals surface area contributed by atoms with E-state index in [0.717, 1.165) is 13.1 Å². The summed E-state index contributed by atoms with van der Waals surface area (Å²) >= 11 is 0. The molecule has 0 saturated carbocycles. The van der Waals surface area contributed by atoms with E-state index in [-0.39, 0.29) is 5.54 Å². The quantitative estimate of drug-likeness (QED) is 0.757. The first-order chi connectivity index (χ1) is 7.71. The first-order valence-corrected chi connectivity index (χ1v) is 5.69. The number of nitrogens with one attached hydrogen (secondary N) is 1. The third kappa shape index (κ3) is 1.27. The average molecular weight is 212 g/mol. The Morgan fingerprint density at radius 2 is 1.88 bits per heavy atom. The molecule has 82 valence electrons. The summed E-state index contributed by atoms with van der Waals surface area (Å²) in [4.78, 5) is 0. The van der Waals surface area contributed by atoms with Gasteiger partial charge in [0.15, 0.2) is 0 Å². The first-order valence-electron chi connectivity index (χ1n) is 5.69. The van der Waals surface area contributed by atoms with Gasteiger partial charge < -0.3 is 11.1 Å². The Morgan fingerprint density at radius 3 is 2.56 bits per heavy atom. The van der Waals surface area contributed by atoms with Gasteiger partial charge in [-0.15, -0.1) is 0 Å². The molecule has 0 bridgehead atoms. The monoisotopic (exact) mass is 212 g/mol. The minimum absolute atomic E-state index is 0.176. The maximum absolute atomic E-state index is 6.43. The normalized spacial score (nSPS) is 18.4. The molecule has 16 heavy (non-hydrogen) atoms. The maximum atomic E-state index is 6.43. The van der Waals surface area contributed by atoms with Gasteiger partial charge in [-0.3, -0.25) is 0 Å². The molecule has 1 aliphatic rings. The summed E-state index contributed by atoms with van der Waals surface area (Å²) in [6.45, 7) is 3.90. The Hall–Kier alpha value is -1.38. The smallest absolute Gasteiger partial charge is 0.0671 e. The zero-order valence-electron chi connectivity index (χ0n) is 9.46. The van der Waals surface area contributed by atoms with E-state index in [4.69, 9.17) is 5.73 Å². The standard InChI is InChI=1S/C14H16N2/c1-10-6-7-11-4-2-3-5-12(11)13(10)14(15)8-16-9-14/h2-7,16H,8-9,15H2,1H3. The molecule has 1 fully saturated rings. The lowest BCUT2D eigenvalue weighted by Gasteiger charge is -2.41. The summed E-state index contributed by atoms with van der Waals surface area (Å²) in [5.74, 6) is 0. The van der Waals surface area contributed by atoms with Crippen LogP contribution in [0.25, 0.3) is 10.8 Å². The fourth-order valence-electron chi connectivity index (χ4n) is 2.61. The van der Waals surface area contributed by atoms with Gasteiger partial charge in [0, 0.05) is 13.1 Å². The lowest BCUT2D eigenvalue weighted by atomic mass is 9.80. The number of aryl methyl sites for hydroxylation is 1. The molecule has 2 aromatic carbocycles. The van der Waals surface area contributed by atoms with Crippen molar-refractivity contribution in [3.8, 4) is 0 Å². The molecule has 2 nitrogen and oxygen atoms in total. The van der Waals surface area contributed by atoms with E-state index in [0.29, 0.717) is 0 Å². The van der Waals surface area contributed by atoms with Crippen molar-refractivity contribution in [2.45, 2.75) is 12.5 Å². The summed E-state index contributed by atoms with van der Waals surface area (Å²) in [5, 5.41) is 5.84. The Kier molecular flexibility index (Phi) is 2.03. The fraction of sp³-hybridized carbons (Fsp3) is 0.286. The molecule has 0 radical (unpaired) electrons. The molecule has 3 N–H and O–H groups in total. The highest BCUT2D eigenvalue weighted by molar-refractivity contribution is 5.88. The van der Waals surface area contributed by atoms with Crippen molar-refractivity contribution in [3.05, 3.63) is 47.5 Å². The van der Waals surface area contributed by atoms with E-state index in [1.54, 1.807) is 0 Å². The second-order valence-corrected chi connectivity index (χ2v) is 4.74. The molecule has 0 spiro atoms. The molecule has 0 unspecified atom stereocenters. The van der Waals surface area contributed by atoms with Crippen LogP contribution in [0.15, 0.2) is 36.4 Å². The van der Waals surface area contributed by atoms with E-state index in [9.17, 15) is 0 Å². The Balaban J connectivity index is 2.32. The van der Waals surface area contributed by atoms with Gasteiger partial charge in [0.1, 0.15) is 0 Å². The van der Waals surface area contributed by atoms with Crippen LogP contribution in [0.2, 0.25) is 0 Å². The molecule has 1 aliphatic heterocycles. The topological polar surface area (TPSA) is 38.0 Å². The molecule has 0 amide bonds. The number of nitrogens with two attached hydrogens (primary N) is 1. The molecule has 1 heterocycles. The largest absolute Gasteiger partial charge is 0.319 e. The highest BCUT2D eigenvalue weighted by atomic mass is 15.1. The molecular weight excluding hydrogens is 196 g/mol. The van der Waals surface area contributed by atoms with E-state index in [1.807, 2.05) is 0 Å². The van der Waals surface area contributed by atoms with Crippen LogP contribution in [0.4, 0.5) is 0 Å². The molecule has 3 rings (SSSR count). The predicted molar refractivity (Wildman–Crippen MR) is 67.4 cm³/mol. The number of hydrogen-bond donors (Lipinski definition) is 2. The van der Waals surface area contributed by atoms with Gasteiger partial charge in [-0.25, -0.2) is 0 Å². The number of rotatable bonds is 1. The van der Waals surface area contributed by atoms with Crippen molar-refractivity contribution in [1.29, 1.82) is 0 Å². The van der Waals surface area contributed by atoms with Crippen LogP contribution in [0.5, 0.6) is 0 Å². The Bertz CT molecular complexity index is 541. The molecule has 1 saturated heterocycles. The summed E-state index contributed by atoms with van der Waals surface area (Å²) in [7, 11) is 0. The highest BCUT2D eigenvalue weighted by Gasteiger charge is 2.36. The number of benzene rings is 2. The molecular formula is C14H16N2. The minimum atomic E-state index is -0.176. The third-order valence-corrected chi connectivity index (χ3v) is 3.52. The van der Waals surface area contributed by atoms with Gasteiger partial charge in [-0.05, 0) is 28.8 Å². The van der Waals surface area contributed by atoms with E-state index < -0.39 is 0 Å². The summed E-state index contributed by atoms with van der Waals surface area (Å²) in [5.41, 5.74) is 8.86. The van der Waals surface area contributed by atoms with Crippen LogP contribution < -0.4 is 11.1 Å². The van der Waals surface area contributed by atoms with Crippen molar-refractivity contribution in [2.75, 3.05) is 13.1 Å². The Labute approximate surface area is 95.5 Å². The van der Waals surface area contributed by atoms with Crippen molar-refractivity contribution >= 4 is 10.8 Å². The second kappa shape index (κ2) is 3.30. The van der Waals surface area contributed by atoms with Gasteiger partial charge >= 0.3 is 0 Å². The molecule has 0 atom stereocenters. The van der Waals surface area contributed by atoms with Gasteiger partial charge in [0.25, 0.3) is 0 Å². The third-order valence-electron chi connectivity index (χ3n) is 3.52. The minimum Gasteiger partial charge on any atom is -0.319 e. The zero-order valence-corrected chi connectivity index (χ0v) is 9.46. The summed E-state index contributed by atoms with van der Waals surface area (Å²) in [6, 6.07) is 12.8. The maximum Gasteiger partial charge on any atom is 0.0671 e. The van der Waals surface area contributed by atoms with Crippen LogP contribution >= 0.6 is 0 Å². The Morgan fingerprint density at radius 1 is 1.12 bits per heavy atom. The first kappa shape index (κ1) is 9.82. The van der Waals surface area contributed by atoms with Crippen molar-refractivity contribution in [2.24, 2.45) is 5.73 Å². The van der Waals surface area contributed by atoms with Crippen LogP contribution in [-0.2, 0) is 5.54 Å². The lowest BCUT2D eigenvalue weighted by molar-refractivity contribution is 0.288. The van der Waals surface area contributed by atoms with Gasteiger partial charge in [0.2, 0.25) is 0 Å². The van der Waals surface area contributed by atoms with Crippen LogP contribution in [0, 0.1) is 6.92 Å². The molecule has 2 heteroatoms. The van der Waals surface area contributed by atoms with Gasteiger partial charge in [-0.2, -0.15) is 0 Å². The predicted octanol–water partition coefficient (Wildman–Crippen LogP) is 1.91. The van der Waals surface area contributed by atoms with Crippen molar-refractivity contribution in [3.63, 3.8) is 0 Å². The molecule has 0 aromatic heterocycles. The SMILES string of the molecule is Cc1ccc2ccccc2c1C1(N)CNC1. The van der Waals surface area contributed by atoms with Crippen LogP contribution in [0.3, 0.4) is 0 Å². The number of fused-ring (bicyclic) bond motifs is 1. The van der Waals surface area contributed by atoms with Crippen LogP contribution in [-0.4, -0.2) is 13.1 Å². The van der Waals surface area contributed by atoms with E-state index in [2.05, 4.69) is 48.6 Å². The summed E-state index contributed by atoms with van der Waals surface area (Å²) in [6.07, 6.45) is 0. The van der Waals surface area contributed by atoms with Crippen LogP contribution in [0.1, 0.15) is 11.1 Å². The van der Waals surface area contributed by atoms with E-state index in [1.165, 1.54) is 21.9 Å². The van der Waals surface area contributed by atoms with Gasteiger partial charge in [0.05, 0.1) is 5.54 Å². The molecule has 2 aromatic rings. The fourth-order valence-corrected chi connectivity index (χ4v) is 2.61.